The molecule has 3 amide bonds. The van der Waals surface area contributed by atoms with Gasteiger partial charge >= 0.3 is 6.18 Å². The Kier molecular flexibility index (Phi) is 5.69. The average Bonchev–Trinajstić information content (AvgIpc) is 3.12. The van der Waals surface area contributed by atoms with Gasteiger partial charge in [0, 0.05) is 16.9 Å². The van der Waals surface area contributed by atoms with Gasteiger partial charge in [0.25, 0.3) is 11.8 Å². The fourth-order valence-electron chi connectivity index (χ4n) is 2.90. The first-order chi connectivity index (χ1) is 14.5. The Morgan fingerprint density at radius 3 is 2.26 bits per heavy atom. The summed E-state index contributed by atoms with van der Waals surface area (Å²) in [6, 6.07) is 8.87. The molecule has 2 atom stereocenters. The van der Waals surface area contributed by atoms with E-state index in [4.69, 9.17) is 5.73 Å². The van der Waals surface area contributed by atoms with Crippen molar-refractivity contribution in [1.82, 2.24) is 5.32 Å². The molecule has 1 heterocycles. The Morgan fingerprint density at radius 2 is 1.68 bits per heavy atom. The number of nitrogens with one attached hydrogen (secondary N) is 3. The summed E-state index contributed by atoms with van der Waals surface area (Å²) in [5.41, 5.74) is 3.57. The van der Waals surface area contributed by atoms with Crippen molar-refractivity contribution in [1.29, 1.82) is 0 Å². The molecule has 0 bridgehead atoms. The number of hydrogen-bond donors (Lipinski definition) is 4. The molecule has 0 saturated heterocycles. The summed E-state index contributed by atoms with van der Waals surface area (Å²) in [6.07, 6.45) is -3.32. The second kappa shape index (κ2) is 8.09. The van der Waals surface area contributed by atoms with Gasteiger partial charge in [-0.3, -0.25) is 19.4 Å². The van der Waals surface area contributed by atoms with Gasteiger partial charge in [-0.2, -0.15) is 13.2 Å². The van der Waals surface area contributed by atoms with Crippen molar-refractivity contribution in [3.63, 3.8) is 0 Å². The molecule has 8 nitrogen and oxygen atoms in total. The number of anilines is 2. The lowest BCUT2D eigenvalue weighted by Crippen LogP contribution is -2.59. The quantitative estimate of drug-likeness (QED) is 0.576. The summed E-state index contributed by atoms with van der Waals surface area (Å²) < 4.78 is 38.4. The molecule has 5 N–H and O–H groups in total. The van der Waals surface area contributed by atoms with Gasteiger partial charge in [0.2, 0.25) is 5.91 Å². The molecule has 0 spiro atoms. The number of amides is 3. The minimum atomic E-state index is -4.56. The SMILES string of the molecule is CC1(C(N)=O)NC=NC1C(=O)Nc1ccc(NC(=O)c2cccc(C(F)(F)F)c2)cc1. The molecule has 3 rings (SSSR count). The van der Waals surface area contributed by atoms with Crippen LogP contribution in [0.4, 0.5) is 24.5 Å². The summed E-state index contributed by atoms with van der Waals surface area (Å²) >= 11 is 0. The fraction of sp³-hybridized carbons (Fsp3) is 0.200. The lowest BCUT2D eigenvalue weighted by Gasteiger charge is -2.26. The Morgan fingerprint density at radius 1 is 1.06 bits per heavy atom. The smallest absolute Gasteiger partial charge is 0.368 e. The van der Waals surface area contributed by atoms with Crippen molar-refractivity contribution in [2.24, 2.45) is 10.7 Å². The lowest BCUT2D eigenvalue weighted by atomic mass is 9.92. The number of alkyl halides is 3. The molecule has 2 aromatic rings. The molecule has 1 aliphatic heterocycles. The fourth-order valence-corrected chi connectivity index (χ4v) is 2.90. The highest BCUT2D eigenvalue weighted by Gasteiger charge is 2.46. The van der Waals surface area contributed by atoms with E-state index in [1.807, 2.05) is 0 Å². The van der Waals surface area contributed by atoms with Crippen molar-refractivity contribution >= 4 is 35.4 Å². The van der Waals surface area contributed by atoms with Crippen LogP contribution in [0.3, 0.4) is 0 Å². The average molecular weight is 433 g/mol. The van der Waals surface area contributed by atoms with E-state index in [0.717, 1.165) is 18.2 Å². The van der Waals surface area contributed by atoms with Crippen LogP contribution in [0.2, 0.25) is 0 Å². The Labute approximate surface area is 174 Å². The number of nitrogens with two attached hydrogens (primary N) is 1. The van der Waals surface area contributed by atoms with Crippen molar-refractivity contribution in [2.45, 2.75) is 24.7 Å². The van der Waals surface area contributed by atoms with Crippen LogP contribution < -0.4 is 21.7 Å². The van der Waals surface area contributed by atoms with Crippen LogP contribution in [-0.2, 0) is 15.8 Å². The standard InChI is InChI=1S/C20H18F3N5O3/c1-19(18(24)31)15(25-10-26-19)17(30)28-14-7-5-13(6-8-14)27-16(29)11-3-2-4-12(9-11)20(21,22)23/h2-10,15H,1H3,(H2,24,31)(H,25,26)(H,27,29)(H,28,30). The van der Waals surface area contributed by atoms with E-state index in [-0.39, 0.29) is 5.56 Å². The molecule has 2 aromatic carbocycles. The number of aliphatic imine (C=N–C) groups is 1. The van der Waals surface area contributed by atoms with Crippen LogP contribution in [0.25, 0.3) is 0 Å². The molecule has 0 aliphatic carbocycles. The van der Waals surface area contributed by atoms with Crippen molar-refractivity contribution < 1.29 is 27.6 Å². The molecule has 31 heavy (non-hydrogen) atoms. The van der Waals surface area contributed by atoms with E-state index < -0.39 is 41.0 Å². The zero-order chi connectivity index (χ0) is 22.8. The second-order valence-electron chi connectivity index (χ2n) is 6.99. The second-order valence-corrected chi connectivity index (χ2v) is 6.99. The van der Waals surface area contributed by atoms with Gasteiger partial charge in [0.1, 0.15) is 5.54 Å². The molecule has 2 unspecified atom stereocenters. The van der Waals surface area contributed by atoms with E-state index in [9.17, 15) is 27.6 Å². The van der Waals surface area contributed by atoms with E-state index in [1.165, 1.54) is 43.6 Å². The highest BCUT2D eigenvalue weighted by Crippen LogP contribution is 2.29. The topological polar surface area (TPSA) is 126 Å². The predicted octanol–water partition coefficient (Wildman–Crippen LogP) is 2.14. The number of rotatable bonds is 5. The first-order valence-corrected chi connectivity index (χ1v) is 8.99. The minimum Gasteiger partial charge on any atom is -0.368 e. The van der Waals surface area contributed by atoms with Gasteiger partial charge in [0.05, 0.1) is 11.9 Å². The van der Waals surface area contributed by atoms with Gasteiger partial charge in [0.15, 0.2) is 6.04 Å². The molecule has 0 saturated carbocycles. The van der Waals surface area contributed by atoms with Crippen LogP contribution in [0.15, 0.2) is 53.5 Å². The highest BCUT2D eigenvalue weighted by molar-refractivity contribution is 6.05. The molecule has 0 radical (unpaired) electrons. The molecular weight excluding hydrogens is 415 g/mol. The summed E-state index contributed by atoms with van der Waals surface area (Å²) in [5, 5.41) is 7.74. The lowest BCUT2D eigenvalue weighted by molar-refractivity contribution is -0.137. The number of primary amides is 1. The third-order valence-electron chi connectivity index (χ3n) is 4.76. The maximum absolute atomic E-state index is 12.8. The zero-order valence-corrected chi connectivity index (χ0v) is 16.2. The van der Waals surface area contributed by atoms with Crippen molar-refractivity contribution in [3.8, 4) is 0 Å². The highest BCUT2D eigenvalue weighted by atomic mass is 19.4. The Hall–Kier alpha value is -3.89. The van der Waals surface area contributed by atoms with Gasteiger partial charge in [-0.05, 0) is 49.4 Å². The monoisotopic (exact) mass is 433 g/mol. The Bertz CT molecular complexity index is 1050. The predicted molar refractivity (Wildman–Crippen MR) is 107 cm³/mol. The largest absolute Gasteiger partial charge is 0.416 e. The molecule has 0 fully saturated rings. The number of carbonyl (C=O) groups excluding carboxylic acids is 3. The normalized spacial score (nSPS) is 20.1. The van der Waals surface area contributed by atoms with Gasteiger partial charge < -0.3 is 21.7 Å². The van der Waals surface area contributed by atoms with Crippen LogP contribution in [0.1, 0.15) is 22.8 Å². The third kappa shape index (κ3) is 4.65. The van der Waals surface area contributed by atoms with Crippen LogP contribution in [-0.4, -0.2) is 35.6 Å². The summed E-state index contributed by atoms with van der Waals surface area (Å²) in [7, 11) is 0. The van der Waals surface area contributed by atoms with Gasteiger partial charge in [-0.15, -0.1) is 0 Å². The van der Waals surface area contributed by atoms with E-state index >= 15 is 0 Å². The number of halogens is 3. The number of carbonyl (C=O) groups is 3. The molecule has 0 aromatic heterocycles. The van der Waals surface area contributed by atoms with Crippen LogP contribution >= 0.6 is 0 Å². The van der Waals surface area contributed by atoms with Gasteiger partial charge in [-0.25, -0.2) is 0 Å². The number of hydrogen-bond acceptors (Lipinski definition) is 5. The Balaban J connectivity index is 1.66. The summed E-state index contributed by atoms with van der Waals surface area (Å²) in [6.45, 7) is 1.46. The maximum Gasteiger partial charge on any atom is 0.416 e. The third-order valence-corrected chi connectivity index (χ3v) is 4.76. The van der Waals surface area contributed by atoms with Crippen LogP contribution in [0.5, 0.6) is 0 Å². The zero-order valence-electron chi connectivity index (χ0n) is 16.2. The number of benzene rings is 2. The molecular formula is C20H18F3N5O3. The van der Waals surface area contributed by atoms with Crippen molar-refractivity contribution in [3.05, 3.63) is 59.7 Å². The van der Waals surface area contributed by atoms with E-state index in [0.29, 0.717) is 11.4 Å². The molecule has 162 valence electrons. The van der Waals surface area contributed by atoms with E-state index in [1.54, 1.807) is 0 Å². The first kappa shape index (κ1) is 21.8. The molecule has 1 aliphatic rings. The minimum absolute atomic E-state index is 0.149. The van der Waals surface area contributed by atoms with Crippen molar-refractivity contribution in [2.75, 3.05) is 10.6 Å². The molecule has 11 heteroatoms. The van der Waals surface area contributed by atoms with E-state index in [2.05, 4.69) is 20.9 Å². The maximum atomic E-state index is 12.8. The summed E-state index contributed by atoms with van der Waals surface area (Å²) in [4.78, 5) is 40.3. The number of nitrogens with zero attached hydrogens (tertiary/aromatic N) is 1. The first-order valence-electron chi connectivity index (χ1n) is 8.99. The van der Waals surface area contributed by atoms with Crippen LogP contribution in [0, 0.1) is 0 Å². The van der Waals surface area contributed by atoms with Gasteiger partial charge in [-0.1, -0.05) is 6.07 Å². The summed E-state index contributed by atoms with van der Waals surface area (Å²) in [5.74, 6) is -2.02.